The van der Waals surface area contributed by atoms with Crippen molar-refractivity contribution in [2.24, 2.45) is 0 Å². The predicted molar refractivity (Wildman–Crippen MR) is 149 cm³/mol. The summed E-state index contributed by atoms with van der Waals surface area (Å²) < 4.78 is 5.42. The Morgan fingerprint density at radius 1 is 1.00 bits per heavy atom. The molecule has 38 heavy (non-hydrogen) atoms. The van der Waals surface area contributed by atoms with Gasteiger partial charge in [-0.1, -0.05) is 47.6 Å². The number of hydrogen-bond acceptors (Lipinski definition) is 8. The van der Waals surface area contributed by atoms with E-state index in [1.807, 2.05) is 53.4 Å². The topological polar surface area (TPSA) is 90.6 Å². The lowest BCUT2D eigenvalue weighted by atomic mass is 10.0. The number of nitrogens with zero attached hydrogens (tertiary/aromatic N) is 6. The summed E-state index contributed by atoms with van der Waals surface area (Å²) in [6.07, 6.45) is 1.04. The first-order valence-corrected chi connectivity index (χ1v) is 13.2. The molecule has 0 aliphatic carbocycles. The zero-order valence-electron chi connectivity index (χ0n) is 22.4. The summed E-state index contributed by atoms with van der Waals surface area (Å²) in [5, 5.41) is 8.74. The normalized spacial score (nSPS) is 14.4. The van der Waals surface area contributed by atoms with Gasteiger partial charge < -0.3 is 19.6 Å². The molecule has 0 bridgehead atoms. The highest BCUT2D eigenvalue weighted by atomic mass is 16.5. The molecular weight excluding hydrogens is 478 g/mol. The van der Waals surface area contributed by atoms with Crippen molar-refractivity contribution < 1.29 is 9.32 Å². The fourth-order valence-corrected chi connectivity index (χ4v) is 4.82. The Balaban J connectivity index is 1.24. The summed E-state index contributed by atoms with van der Waals surface area (Å²) in [4.78, 5) is 29.6. The number of para-hydroxylation sites is 1. The van der Waals surface area contributed by atoms with Gasteiger partial charge in [-0.05, 0) is 46.1 Å². The molecule has 9 nitrogen and oxygen atoms in total. The Morgan fingerprint density at radius 3 is 2.50 bits per heavy atom. The first kappa shape index (κ1) is 25.8. The fourth-order valence-electron chi connectivity index (χ4n) is 4.82. The van der Waals surface area contributed by atoms with Crippen molar-refractivity contribution in [3.8, 4) is 11.3 Å². The SMILES string of the molecule is Cc1onc(-c2ccccc2)c1C(=O)N1CCN(Cc2nc(NCCCN(C)C)c3ccccc3n2)CC1. The molecule has 1 fully saturated rings. The van der Waals surface area contributed by atoms with Gasteiger partial charge >= 0.3 is 0 Å². The number of aromatic nitrogens is 3. The van der Waals surface area contributed by atoms with Crippen LogP contribution in [0.1, 0.15) is 28.4 Å². The summed E-state index contributed by atoms with van der Waals surface area (Å²) >= 11 is 0. The van der Waals surface area contributed by atoms with Crippen molar-refractivity contribution in [3.63, 3.8) is 0 Å². The van der Waals surface area contributed by atoms with E-state index in [0.717, 1.165) is 60.7 Å². The van der Waals surface area contributed by atoms with Crippen LogP contribution < -0.4 is 5.32 Å². The lowest BCUT2D eigenvalue weighted by Crippen LogP contribution is -2.48. The van der Waals surface area contributed by atoms with Gasteiger partial charge in [0.15, 0.2) is 0 Å². The molecule has 1 N–H and O–H groups in total. The minimum Gasteiger partial charge on any atom is -0.369 e. The number of aryl methyl sites for hydroxylation is 1. The van der Waals surface area contributed by atoms with Gasteiger partial charge in [0.2, 0.25) is 0 Å². The van der Waals surface area contributed by atoms with Gasteiger partial charge in [0, 0.05) is 43.7 Å². The first-order valence-electron chi connectivity index (χ1n) is 13.2. The summed E-state index contributed by atoms with van der Waals surface area (Å²) in [6.45, 7) is 7.06. The zero-order chi connectivity index (χ0) is 26.5. The molecule has 1 aliphatic rings. The summed E-state index contributed by atoms with van der Waals surface area (Å²) in [6, 6.07) is 17.8. The Bertz CT molecular complexity index is 1380. The Kier molecular flexibility index (Phi) is 7.95. The lowest BCUT2D eigenvalue weighted by Gasteiger charge is -2.34. The maximum Gasteiger partial charge on any atom is 0.259 e. The van der Waals surface area contributed by atoms with Gasteiger partial charge in [-0.25, -0.2) is 9.97 Å². The molecule has 198 valence electrons. The number of amides is 1. The standard InChI is InChI=1S/C29H35N7O2/c1-21-26(27(33-38-21)22-10-5-4-6-11-22)29(37)36-18-16-35(17-19-36)20-25-31-24-13-8-7-12-23(24)28(32-25)30-14-9-15-34(2)3/h4-8,10-13H,9,14-20H2,1-3H3,(H,30,31,32). The van der Waals surface area contributed by atoms with Crippen LogP contribution >= 0.6 is 0 Å². The molecule has 3 heterocycles. The zero-order valence-corrected chi connectivity index (χ0v) is 22.4. The van der Waals surface area contributed by atoms with Crippen LogP contribution in [0.5, 0.6) is 0 Å². The highest BCUT2D eigenvalue weighted by Gasteiger charge is 2.29. The first-order chi connectivity index (χ1) is 18.5. The number of carbonyl (C=O) groups excluding carboxylic acids is 1. The number of hydrogen-bond donors (Lipinski definition) is 1. The van der Waals surface area contributed by atoms with Gasteiger partial charge in [0.1, 0.15) is 28.7 Å². The van der Waals surface area contributed by atoms with Crippen LogP contribution in [-0.2, 0) is 6.54 Å². The van der Waals surface area contributed by atoms with Gasteiger partial charge in [-0.3, -0.25) is 9.69 Å². The van der Waals surface area contributed by atoms with E-state index in [0.29, 0.717) is 36.7 Å². The largest absolute Gasteiger partial charge is 0.369 e. The van der Waals surface area contributed by atoms with Crippen LogP contribution in [0.3, 0.4) is 0 Å². The molecule has 2 aromatic heterocycles. The predicted octanol–water partition coefficient (Wildman–Crippen LogP) is 3.91. The highest BCUT2D eigenvalue weighted by molar-refractivity contribution is 6.00. The Hall–Kier alpha value is -3.82. The third-order valence-electron chi connectivity index (χ3n) is 6.87. The Labute approximate surface area is 223 Å². The molecular formula is C29H35N7O2. The van der Waals surface area contributed by atoms with Gasteiger partial charge in [-0.15, -0.1) is 0 Å². The second-order valence-corrected chi connectivity index (χ2v) is 9.99. The van der Waals surface area contributed by atoms with Crippen molar-refractivity contribution in [1.82, 2.24) is 29.8 Å². The molecule has 0 radical (unpaired) electrons. The van der Waals surface area contributed by atoms with Crippen molar-refractivity contribution in [3.05, 3.63) is 71.7 Å². The number of nitrogens with one attached hydrogen (secondary N) is 1. The molecule has 1 aliphatic heterocycles. The summed E-state index contributed by atoms with van der Waals surface area (Å²) in [5.41, 5.74) is 2.97. The molecule has 0 spiro atoms. The average molecular weight is 514 g/mol. The monoisotopic (exact) mass is 513 g/mol. The number of benzene rings is 2. The number of rotatable bonds is 9. The van der Waals surface area contributed by atoms with E-state index in [2.05, 4.69) is 40.4 Å². The van der Waals surface area contributed by atoms with E-state index in [1.165, 1.54) is 0 Å². The number of piperazine rings is 1. The van der Waals surface area contributed by atoms with E-state index < -0.39 is 0 Å². The fraction of sp³-hybridized carbons (Fsp3) is 0.379. The summed E-state index contributed by atoms with van der Waals surface area (Å²) in [7, 11) is 4.17. The minimum absolute atomic E-state index is 0.0339. The second-order valence-electron chi connectivity index (χ2n) is 9.99. The smallest absolute Gasteiger partial charge is 0.259 e. The van der Waals surface area contributed by atoms with Crippen LogP contribution in [0.4, 0.5) is 5.82 Å². The van der Waals surface area contributed by atoms with Crippen LogP contribution in [0, 0.1) is 6.92 Å². The van der Waals surface area contributed by atoms with Crippen LogP contribution in [0.2, 0.25) is 0 Å². The van der Waals surface area contributed by atoms with E-state index in [4.69, 9.17) is 14.5 Å². The van der Waals surface area contributed by atoms with Crippen molar-refractivity contribution in [2.75, 3.05) is 58.7 Å². The lowest BCUT2D eigenvalue weighted by molar-refractivity contribution is 0.0624. The minimum atomic E-state index is -0.0339. The maximum absolute atomic E-state index is 13.5. The molecule has 0 saturated carbocycles. The molecule has 0 unspecified atom stereocenters. The van der Waals surface area contributed by atoms with Crippen molar-refractivity contribution in [1.29, 1.82) is 0 Å². The van der Waals surface area contributed by atoms with Gasteiger partial charge in [0.05, 0.1) is 12.1 Å². The second kappa shape index (κ2) is 11.7. The van der Waals surface area contributed by atoms with Crippen molar-refractivity contribution in [2.45, 2.75) is 19.9 Å². The molecule has 2 aromatic carbocycles. The third kappa shape index (κ3) is 5.84. The van der Waals surface area contributed by atoms with E-state index in [-0.39, 0.29) is 5.91 Å². The number of fused-ring (bicyclic) bond motifs is 1. The quantitative estimate of drug-likeness (QED) is 0.337. The average Bonchev–Trinajstić information content (AvgIpc) is 3.32. The molecule has 1 amide bonds. The van der Waals surface area contributed by atoms with E-state index >= 15 is 0 Å². The van der Waals surface area contributed by atoms with E-state index in [9.17, 15) is 4.79 Å². The molecule has 0 atom stereocenters. The number of carbonyl (C=O) groups is 1. The van der Waals surface area contributed by atoms with E-state index in [1.54, 1.807) is 6.92 Å². The Morgan fingerprint density at radius 2 is 1.74 bits per heavy atom. The van der Waals surface area contributed by atoms with Crippen LogP contribution in [0.25, 0.3) is 22.2 Å². The van der Waals surface area contributed by atoms with Crippen LogP contribution in [-0.4, -0.2) is 89.1 Å². The molecule has 1 saturated heterocycles. The number of anilines is 1. The molecule has 5 rings (SSSR count). The van der Waals surface area contributed by atoms with Gasteiger partial charge in [0.25, 0.3) is 5.91 Å². The molecule has 9 heteroatoms. The third-order valence-corrected chi connectivity index (χ3v) is 6.87. The van der Waals surface area contributed by atoms with Gasteiger partial charge in [-0.2, -0.15) is 0 Å². The summed E-state index contributed by atoms with van der Waals surface area (Å²) in [5.74, 6) is 2.19. The maximum atomic E-state index is 13.5. The highest BCUT2D eigenvalue weighted by Crippen LogP contribution is 2.27. The van der Waals surface area contributed by atoms with Crippen LogP contribution in [0.15, 0.2) is 59.1 Å². The molecule has 4 aromatic rings. The van der Waals surface area contributed by atoms with Crippen molar-refractivity contribution >= 4 is 22.6 Å².